The zero-order valence-electron chi connectivity index (χ0n) is 14.1. The van der Waals surface area contributed by atoms with Gasteiger partial charge in [-0.15, -0.1) is 11.3 Å². The van der Waals surface area contributed by atoms with Crippen LogP contribution in [0, 0.1) is 0 Å². The molecule has 1 fully saturated rings. The van der Waals surface area contributed by atoms with E-state index in [9.17, 15) is 4.79 Å². The van der Waals surface area contributed by atoms with Gasteiger partial charge in [0.1, 0.15) is 5.82 Å². The highest BCUT2D eigenvalue weighted by Gasteiger charge is 2.24. The maximum absolute atomic E-state index is 12.6. The predicted octanol–water partition coefficient (Wildman–Crippen LogP) is 1.88. The summed E-state index contributed by atoms with van der Waals surface area (Å²) < 4.78 is 0. The van der Waals surface area contributed by atoms with E-state index in [1.54, 1.807) is 29.9 Å². The molecule has 1 aliphatic rings. The minimum absolute atomic E-state index is 0.194. The molecule has 1 saturated heterocycles. The highest BCUT2D eigenvalue weighted by Crippen LogP contribution is 2.23. The first-order valence-corrected chi connectivity index (χ1v) is 9.05. The Hall–Kier alpha value is -1.99. The maximum atomic E-state index is 12.6. The number of carbonyl (C=O) groups excluding carboxylic acids is 1. The Morgan fingerprint density at radius 2 is 2.12 bits per heavy atom. The summed E-state index contributed by atoms with van der Waals surface area (Å²) in [6.07, 6.45) is 5.15. The standard InChI is InChI=1S/C17H23N5OS/c1-14(15-4-3-11-24-15)20(2)13-17(23)22-9-7-21(8-10-22)16-12-18-5-6-19-16/h3-6,11-12,14H,7-10,13H2,1-2H3/t14-/m1/s1. The van der Waals surface area contributed by atoms with Crippen LogP contribution in [-0.4, -0.2) is 65.4 Å². The van der Waals surface area contributed by atoms with Crippen molar-refractivity contribution in [3.8, 4) is 0 Å². The molecule has 3 rings (SSSR count). The van der Waals surface area contributed by atoms with E-state index in [0.29, 0.717) is 6.54 Å². The van der Waals surface area contributed by atoms with Crippen LogP contribution in [-0.2, 0) is 4.79 Å². The summed E-state index contributed by atoms with van der Waals surface area (Å²) >= 11 is 1.73. The molecule has 1 atom stereocenters. The van der Waals surface area contributed by atoms with Crippen molar-refractivity contribution in [2.24, 2.45) is 0 Å². The van der Waals surface area contributed by atoms with Crippen LogP contribution in [0.1, 0.15) is 17.8 Å². The molecular weight excluding hydrogens is 322 g/mol. The second kappa shape index (κ2) is 7.72. The van der Waals surface area contributed by atoms with Gasteiger partial charge in [0, 0.05) is 49.5 Å². The number of rotatable bonds is 5. The summed E-state index contributed by atoms with van der Waals surface area (Å²) in [6, 6.07) is 4.43. The molecule has 0 aromatic carbocycles. The van der Waals surface area contributed by atoms with Gasteiger partial charge >= 0.3 is 0 Å². The van der Waals surface area contributed by atoms with Crippen LogP contribution in [0.3, 0.4) is 0 Å². The Bertz CT molecular complexity index is 640. The molecule has 0 unspecified atom stereocenters. The monoisotopic (exact) mass is 345 g/mol. The third-order valence-corrected chi connectivity index (χ3v) is 5.55. The lowest BCUT2D eigenvalue weighted by Gasteiger charge is -2.36. The van der Waals surface area contributed by atoms with Gasteiger partial charge < -0.3 is 9.80 Å². The smallest absolute Gasteiger partial charge is 0.236 e. The molecule has 1 aliphatic heterocycles. The molecular formula is C17H23N5OS. The minimum Gasteiger partial charge on any atom is -0.352 e. The van der Waals surface area contributed by atoms with Crippen molar-refractivity contribution in [3.05, 3.63) is 41.0 Å². The normalized spacial score (nSPS) is 16.5. The molecule has 2 aromatic rings. The largest absolute Gasteiger partial charge is 0.352 e. The number of anilines is 1. The van der Waals surface area contributed by atoms with Crippen LogP contribution in [0.2, 0.25) is 0 Å². The van der Waals surface area contributed by atoms with Crippen LogP contribution >= 0.6 is 11.3 Å². The molecule has 7 heteroatoms. The third kappa shape index (κ3) is 3.91. The van der Waals surface area contributed by atoms with E-state index < -0.39 is 0 Å². The number of amides is 1. The second-order valence-corrected chi connectivity index (χ2v) is 7.02. The van der Waals surface area contributed by atoms with Crippen LogP contribution < -0.4 is 4.90 Å². The van der Waals surface area contributed by atoms with E-state index in [0.717, 1.165) is 32.0 Å². The zero-order valence-corrected chi connectivity index (χ0v) is 14.9. The minimum atomic E-state index is 0.194. The first-order chi connectivity index (χ1) is 11.6. The van der Waals surface area contributed by atoms with E-state index in [1.165, 1.54) is 4.88 Å². The molecule has 24 heavy (non-hydrogen) atoms. The van der Waals surface area contributed by atoms with Gasteiger partial charge in [-0.2, -0.15) is 0 Å². The SMILES string of the molecule is C[C@H](c1cccs1)N(C)CC(=O)N1CCN(c2cnccn2)CC1. The second-order valence-electron chi connectivity index (χ2n) is 6.04. The molecule has 128 valence electrons. The number of nitrogens with zero attached hydrogens (tertiary/aromatic N) is 5. The predicted molar refractivity (Wildman–Crippen MR) is 96.2 cm³/mol. The van der Waals surface area contributed by atoms with Crippen molar-refractivity contribution in [1.29, 1.82) is 0 Å². The van der Waals surface area contributed by atoms with Crippen LogP contribution in [0.5, 0.6) is 0 Å². The van der Waals surface area contributed by atoms with Gasteiger partial charge in [-0.05, 0) is 25.4 Å². The summed E-state index contributed by atoms with van der Waals surface area (Å²) in [6.45, 7) is 5.66. The molecule has 6 nitrogen and oxygen atoms in total. The fourth-order valence-corrected chi connectivity index (χ4v) is 3.68. The zero-order chi connectivity index (χ0) is 16.9. The van der Waals surface area contributed by atoms with Crippen LogP contribution in [0.25, 0.3) is 0 Å². The third-order valence-electron chi connectivity index (χ3n) is 4.51. The Kier molecular flexibility index (Phi) is 5.42. The quantitative estimate of drug-likeness (QED) is 0.828. The van der Waals surface area contributed by atoms with Crippen molar-refractivity contribution in [2.75, 3.05) is 44.7 Å². The van der Waals surface area contributed by atoms with Crippen molar-refractivity contribution in [1.82, 2.24) is 19.8 Å². The lowest BCUT2D eigenvalue weighted by molar-refractivity contribution is -0.132. The van der Waals surface area contributed by atoms with Gasteiger partial charge in [0.05, 0.1) is 12.7 Å². The molecule has 1 amide bonds. The molecule has 0 radical (unpaired) electrons. The molecule has 0 bridgehead atoms. The molecule has 0 spiro atoms. The topological polar surface area (TPSA) is 52.6 Å². The lowest BCUT2D eigenvalue weighted by atomic mass is 10.2. The highest BCUT2D eigenvalue weighted by molar-refractivity contribution is 7.10. The summed E-state index contributed by atoms with van der Waals surface area (Å²) in [5.41, 5.74) is 0. The van der Waals surface area contributed by atoms with E-state index in [2.05, 4.69) is 44.2 Å². The number of aromatic nitrogens is 2. The highest BCUT2D eigenvalue weighted by atomic mass is 32.1. The number of thiophene rings is 1. The van der Waals surface area contributed by atoms with Crippen LogP contribution in [0.4, 0.5) is 5.82 Å². The van der Waals surface area contributed by atoms with Gasteiger partial charge in [-0.3, -0.25) is 14.7 Å². The Morgan fingerprint density at radius 1 is 1.33 bits per heavy atom. The van der Waals surface area contributed by atoms with E-state index in [1.807, 2.05) is 11.9 Å². The summed E-state index contributed by atoms with van der Waals surface area (Å²) in [5, 5.41) is 2.08. The lowest BCUT2D eigenvalue weighted by Crippen LogP contribution is -2.51. The van der Waals surface area contributed by atoms with Gasteiger partial charge in [0.2, 0.25) is 5.91 Å². The Labute approximate surface area is 146 Å². The Balaban J connectivity index is 1.50. The summed E-state index contributed by atoms with van der Waals surface area (Å²) in [4.78, 5) is 28.5. The summed E-state index contributed by atoms with van der Waals surface area (Å²) in [5.74, 6) is 1.08. The van der Waals surface area contributed by atoms with Gasteiger partial charge in [-0.25, -0.2) is 4.98 Å². The molecule has 3 heterocycles. The van der Waals surface area contributed by atoms with Gasteiger partial charge in [0.15, 0.2) is 0 Å². The fraction of sp³-hybridized carbons (Fsp3) is 0.471. The first kappa shape index (κ1) is 16.9. The van der Waals surface area contributed by atoms with Crippen molar-refractivity contribution >= 4 is 23.1 Å². The Morgan fingerprint density at radius 3 is 2.75 bits per heavy atom. The number of carbonyl (C=O) groups is 1. The van der Waals surface area contributed by atoms with E-state index in [-0.39, 0.29) is 11.9 Å². The molecule has 0 aliphatic carbocycles. The average Bonchev–Trinajstić information content (AvgIpc) is 3.16. The van der Waals surface area contributed by atoms with Gasteiger partial charge in [0.25, 0.3) is 0 Å². The number of hydrogen-bond donors (Lipinski definition) is 0. The number of likely N-dealkylation sites (N-methyl/N-ethyl adjacent to an activating group) is 1. The van der Waals surface area contributed by atoms with Crippen molar-refractivity contribution < 1.29 is 4.79 Å². The van der Waals surface area contributed by atoms with E-state index in [4.69, 9.17) is 0 Å². The molecule has 0 saturated carbocycles. The molecule has 0 N–H and O–H groups in total. The number of piperazine rings is 1. The first-order valence-electron chi connectivity index (χ1n) is 8.17. The fourth-order valence-electron chi connectivity index (χ4n) is 2.84. The maximum Gasteiger partial charge on any atom is 0.236 e. The van der Waals surface area contributed by atoms with Crippen molar-refractivity contribution in [3.63, 3.8) is 0 Å². The van der Waals surface area contributed by atoms with E-state index >= 15 is 0 Å². The molecule has 2 aromatic heterocycles. The van der Waals surface area contributed by atoms with Gasteiger partial charge in [-0.1, -0.05) is 6.07 Å². The summed E-state index contributed by atoms with van der Waals surface area (Å²) in [7, 11) is 2.01. The average molecular weight is 345 g/mol. The van der Waals surface area contributed by atoms with Crippen molar-refractivity contribution in [2.45, 2.75) is 13.0 Å². The van der Waals surface area contributed by atoms with Crippen LogP contribution in [0.15, 0.2) is 36.1 Å². The number of hydrogen-bond acceptors (Lipinski definition) is 6.